The van der Waals surface area contributed by atoms with Crippen LogP contribution in [-0.2, 0) is 0 Å². The van der Waals surface area contributed by atoms with E-state index >= 15 is 0 Å². The largest absolute Gasteiger partial charge is 0.396 e. The van der Waals surface area contributed by atoms with Crippen molar-refractivity contribution in [3.8, 4) is 0 Å². The first-order valence-corrected chi connectivity index (χ1v) is 7.48. The molecule has 0 saturated carbocycles. The van der Waals surface area contributed by atoms with Crippen molar-refractivity contribution in [2.45, 2.75) is 12.5 Å². The Morgan fingerprint density at radius 1 is 1.55 bits per heavy atom. The Morgan fingerprint density at radius 2 is 2.35 bits per heavy atom. The number of pyridine rings is 1. The predicted octanol–water partition coefficient (Wildman–Crippen LogP) is 1.65. The molecule has 20 heavy (non-hydrogen) atoms. The zero-order valence-electron chi connectivity index (χ0n) is 11.7. The SMILES string of the molecule is CN(C)C1CCN(C(=O)c2sc3cccnc3c2N)C1. The lowest BCUT2D eigenvalue weighted by molar-refractivity contribution is 0.0789. The van der Waals surface area contributed by atoms with Crippen LogP contribution >= 0.6 is 11.3 Å². The molecule has 0 aliphatic carbocycles. The van der Waals surface area contributed by atoms with Crippen molar-refractivity contribution >= 4 is 33.1 Å². The molecule has 0 spiro atoms. The number of hydrogen-bond donors (Lipinski definition) is 1. The molecule has 2 aromatic rings. The van der Waals surface area contributed by atoms with Crippen molar-refractivity contribution in [2.24, 2.45) is 0 Å². The molecular weight excluding hydrogens is 272 g/mol. The lowest BCUT2D eigenvalue weighted by Crippen LogP contribution is -2.34. The van der Waals surface area contributed by atoms with Gasteiger partial charge in [-0.15, -0.1) is 11.3 Å². The van der Waals surface area contributed by atoms with E-state index in [0.717, 1.165) is 29.7 Å². The van der Waals surface area contributed by atoms with E-state index in [0.29, 0.717) is 16.6 Å². The van der Waals surface area contributed by atoms with E-state index in [-0.39, 0.29) is 5.91 Å². The average Bonchev–Trinajstić information content (AvgIpc) is 3.04. The lowest BCUT2D eigenvalue weighted by atomic mass is 10.2. The van der Waals surface area contributed by atoms with Gasteiger partial charge in [-0.05, 0) is 32.6 Å². The van der Waals surface area contributed by atoms with E-state index in [1.54, 1.807) is 6.20 Å². The Hall–Kier alpha value is -1.66. The van der Waals surface area contributed by atoms with Crippen molar-refractivity contribution in [3.05, 3.63) is 23.2 Å². The third-order valence-electron chi connectivity index (χ3n) is 3.86. The first-order valence-electron chi connectivity index (χ1n) is 6.66. The first-order chi connectivity index (χ1) is 9.58. The van der Waals surface area contributed by atoms with E-state index in [2.05, 4.69) is 24.0 Å². The maximum atomic E-state index is 12.6. The van der Waals surface area contributed by atoms with Gasteiger partial charge in [0.05, 0.1) is 10.4 Å². The van der Waals surface area contributed by atoms with Crippen LogP contribution in [0.15, 0.2) is 18.3 Å². The zero-order valence-corrected chi connectivity index (χ0v) is 12.5. The molecule has 106 valence electrons. The minimum absolute atomic E-state index is 0.0369. The number of thiophene rings is 1. The molecular formula is C14H18N4OS. The fraction of sp³-hybridized carbons (Fsp3) is 0.429. The molecule has 3 rings (SSSR count). The molecule has 1 fully saturated rings. The summed E-state index contributed by atoms with van der Waals surface area (Å²) < 4.78 is 0.969. The minimum Gasteiger partial charge on any atom is -0.396 e. The van der Waals surface area contributed by atoms with Gasteiger partial charge in [-0.3, -0.25) is 9.78 Å². The van der Waals surface area contributed by atoms with Gasteiger partial charge in [-0.25, -0.2) is 0 Å². The molecule has 1 aliphatic heterocycles. The summed E-state index contributed by atoms with van der Waals surface area (Å²) >= 11 is 1.44. The Morgan fingerprint density at radius 3 is 3.00 bits per heavy atom. The molecule has 0 radical (unpaired) electrons. The normalized spacial score (nSPS) is 19.1. The second-order valence-electron chi connectivity index (χ2n) is 5.35. The number of aromatic nitrogens is 1. The Kier molecular flexibility index (Phi) is 3.35. The van der Waals surface area contributed by atoms with Crippen LogP contribution in [0.3, 0.4) is 0 Å². The maximum Gasteiger partial charge on any atom is 0.266 e. The molecule has 1 amide bonds. The summed E-state index contributed by atoms with van der Waals surface area (Å²) in [7, 11) is 4.10. The number of likely N-dealkylation sites (N-methyl/N-ethyl adjacent to an activating group) is 1. The molecule has 5 nitrogen and oxygen atoms in total. The number of carbonyl (C=O) groups is 1. The monoisotopic (exact) mass is 290 g/mol. The van der Waals surface area contributed by atoms with E-state index in [1.807, 2.05) is 17.0 Å². The third kappa shape index (κ3) is 2.14. The quantitative estimate of drug-likeness (QED) is 0.913. The Labute approximate surface area is 122 Å². The van der Waals surface area contributed by atoms with Crippen LogP contribution in [0.2, 0.25) is 0 Å². The number of carbonyl (C=O) groups excluding carboxylic acids is 1. The summed E-state index contributed by atoms with van der Waals surface area (Å²) in [6, 6.07) is 4.25. The lowest BCUT2D eigenvalue weighted by Gasteiger charge is -2.20. The molecule has 2 aromatic heterocycles. The second-order valence-corrected chi connectivity index (χ2v) is 6.40. The van der Waals surface area contributed by atoms with Crippen molar-refractivity contribution in [1.29, 1.82) is 0 Å². The number of anilines is 1. The Balaban J connectivity index is 1.88. The van der Waals surface area contributed by atoms with Gasteiger partial charge in [0.1, 0.15) is 10.4 Å². The number of nitrogens with two attached hydrogens (primary N) is 1. The first kappa shape index (κ1) is 13.3. The van der Waals surface area contributed by atoms with Crippen LogP contribution in [-0.4, -0.2) is 53.9 Å². The van der Waals surface area contributed by atoms with Gasteiger partial charge in [0, 0.05) is 25.3 Å². The van der Waals surface area contributed by atoms with Gasteiger partial charge >= 0.3 is 0 Å². The molecule has 6 heteroatoms. The third-order valence-corrected chi connectivity index (χ3v) is 5.01. The van der Waals surface area contributed by atoms with E-state index in [9.17, 15) is 4.79 Å². The number of hydrogen-bond acceptors (Lipinski definition) is 5. The van der Waals surface area contributed by atoms with Gasteiger partial charge in [0.15, 0.2) is 0 Å². The summed E-state index contributed by atoms with van der Waals surface area (Å²) in [5.41, 5.74) is 7.35. The van der Waals surface area contributed by atoms with Crippen LogP contribution in [0.5, 0.6) is 0 Å². The standard InChI is InChI=1S/C14H18N4OS/c1-17(2)9-5-7-18(8-9)14(19)13-11(15)12-10(20-13)4-3-6-16-12/h3-4,6,9H,5,7-8,15H2,1-2H3. The van der Waals surface area contributed by atoms with Crippen LogP contribution in [0.4, 0.5) is 5.69 Å². The van der Waals surface area contributed by atoms with Crippen molar-refractivity contribution < 1.29 is 4.79 Å². The number of nitrogens with zero attached hydrogens (tertiary/aromatic N) is 3. The predicted molar refractivity (Wildman–Crippen MR) is 82.0 cm³/mol. The molecule has 0 bridgehead atoms. The minimum atomic E-state index is 0.0369. The van der Waals surface area contributed by atoms with Crippen molar-refractivity contribution in [3.63, 3.8) is 0 Å². The van der Waals surface area contributed by atoms with Gasteiger partial charge in [-0.1, -0.05) is 0 Å². The second kappa shape index (κ2) is 5.03. The highest BCUT2D eigenvalue weighted by atomic mass is 32.1. The average molecular weight is 290 g/mol. The maximum absolute atomic E-state index is 12.6. The fourth-order valence-electron chi connectivity index (χ4n) is 2.60. The highest BCUT2D eigenvalue weighted by Crippen LogP contribution is 2.33. The summed E-state index contributed by atoms with van der Waals surface area (Å²) in [4.78, 5) is 21.6. The summed E-state index contributed by atoms with van der Waals surface area (Å²) in [6.45, 7) is 1.57. The summed E-state index contributed by atoms with van der Waals surface area (Å²) in [5, 5.41) is 0. The molecule has 2 N–H and O–H groups in total. The highest BCUT2D eigenvalue weighted by molar-refractivity contribution is 7.21. The smallest absolute Gasteiger partial charge is 0.266 e. The van der Waals surface area contributed by atoms with Crippen LogP contribution in [0.25, 0.3) is 10.2 Å². The number of rotatable bonds is 2. The van der Waals surface area contributed by atoms with E-state index < -0.39 is 0 Å². The van der Waals surface area contributed by atoms with E-state index in [1.165, 1.54) is 11.3 Å². The Bertz CT molecular complexity index is 652. The molecule has 3 heterocycles. The van der Waals surface area contributed by atoms with Gasteiger partial charge in [0.25, 0.3) is 5.91 Å². The summed E-state index contributed by atoms with van der Waals surface area (Å²) in [5.74, 6) is 0.0369. The van der Waals surface area contributed by atoms with Crippen molar-refractivity contribution in [1.82, 2.24) is 14.8 Å². The number of likely N-dealkylation sites (tertiary alicyclic amines) is 1. The van der Waals surface area contributed by atoms with Gasteiger partial charge in [-0.2, -0.15) is 0 Å². The highest BCUT2D eigenvalue weighted by Gasteiger charge is 2.30. The fourth-order valence-corrected chi connectivity index (χ4v) is 3.65. The summed E-state index contributed by atoms with van der Waals surface area (Å²) in [6.07, 6.45) is 2.72. The molecule has 1 aliphatic rings. The molecule has 1 atom stereocenters. The molecule has 0 aromatic carbocycles. The van der Waals surface area contributed by atoms with Crippen LogP contribution in [0.1, 0.15) is 16.1 Å². The van der Waals surface area contributed by atoms with Gasteiger partial charge in [0.2, 0.25) is 0 Å². The zero-order chi connectivity index (χ0) is 14.3. The van der Waals surface area contributed by atoms with Crippen LogP contribution in [0, 0.1) is 0 Å². The van der Waals surface area contributed by atoms with Crippen LogP contribution < -0.4 is 5.73 Å². The number of fused-ring (bicyclic) bond motifs is 1. The number of nitrogen functional groups attached to an aromatic ring is 1. The number of amides is 1. The van der Waals surface area contributed by atoms with Gasteiger partial charge < -0.3 is 15.5 Å². The molecule has 1 unspecified atom stereocenters. The van der Waals surface area contributed by atoms with Crippen molar-refractivity contribution in [2.75, 3.05) is 32.9 Å². The topological polar surface area (TPSA) is 62.5 Å². The van der Waals surface area contributed by atoms with E-state index in [4.69, 9.17) is 5.73 Å². The molecule has 1 saturated heterocycles.